The molecule has 8 heteroatoms. The third-order valence-electron chi connectivity index (χ3n) is 4.40. The van der Waals surface area contributed by atoms with Crippen LogP contribution in [0.15, 0.2) is 29.4 Å². The van der Waals surface area contributed by atoms with Gasteiger partial charge in [0.05, 0.1) is 17.9 Å². The molecule has 1 aliphatic heterocycles. The van der Waals surface area contributed by atoms with E-state index in [-0.39, 0.29) is 17.3 Å². The molecular weight excluding hydrogens is 350 g/mol. The van der Waals surface area contributed by atoms with Crippen LogP contribution in [0.3, 0.4) is 0 Å². The first-order chi connectivity index (χ1) is 12.5. The fourth-order valence-electron chi connectivity index (χ4n) is 2.78. The summed E-state index contributed by atoms with van der Waals surface area (Å²) in [6.45, 7) is 7.57. The van der Waals surface area contributed by atoms with Gasteiger partial charge in [0, 0.05) is 12.3 Å². The molecule has 1 N–H and O–H groups in total. The molecule has 7 nitrogen and oxygen atoms in total. The number of carbonyl (C=O) groups is 1. The fourth-order valence-corrected chi connectivity index (χ4v) is 3.58. The van der Waals surface area contributed by atoms with E-state index in [1.807, 2.05) is 31.2 Å². The number of nitrogens with one attached hydrogen (secondary N) is 1. The van der Waals surface area contributed by atoms with E-state index in [2.05, 4.69) is 34.7 Å². The highest BCUT2D eigenvalue weighted by Crippen LogP contribution is 2.24. The zero-order chi connectivity index (χ0) is 18.5. The molecule has 0 unspecified atom stereocenters. The Labute approximate surface area is 157 Å². The third kappa shape index (κ3) is 4.82. The van der Waals surface area contributed by atoms with Gasteiger partial charge < -0.3 is 10.1 Å². The van der Waals surface area contributed by atoms with Crippen LogP contribution in [-0.4, -0.2) is 44.1 Å². The maximum absolute atomic E-state index is 12.5. The second kappa shape index (κ2) is 8.64. The number of tetrazole rings is 1. The van der Waals surface area contributed by atoms with Gasteiger partial charge in [-0.3, -0.25) is 4.79 Å². The minimum atomic E-state index is -0.311. The molecular formula is C18H25N5O2S. The predicted octanol–water partition coefficient (Wildman–Crippen LogP) is 3.09. The van der Waals surface area contributed by atoms with Crippen LogP contribution in [0.25, 0.3) is 0 Å². The monoisotopic (exact) mass is 375 g/mol. The fraction of sp³-hybridized carbons (Fsp3) is 0.556. The molecule has 0 saturated carbocycles. The van der Waals surface area contributed by atoms with Gasteiger partial charge in [0.15, 0.2) is 0 Å². The minimum Gasteiger partial charge on any atom is -0.376 e. The van der Waals surface area contributed by atoms with Crippen molar-refractivity contribution in [2.24, 2.45) is 0 Å². The van der Waals surface area contributed by atoms with Gasteiger partial charge >= 0.3 is 0 Å². The largest absolute Gasteiger partial charge is 0.376 e. The predicted molar refractivity (Wildman–Crippen MR) is 101 cm³/mol. The van der Waals surface area contributed by atoms with E-state index in [9.17, 15) is 4.79 Å². The number of ether oxygens (including phenoxy) is 1. The lowest BCUT2D eigenvalue weighted by Gasteiger charge is -2.14. The molecule has 1 aromatic heterocycles. The van der Waals surface area contributed by atoms with Crippen molar-refractivity contribution in [3.05, 3.63) is 29.8 Å². The molecule has 0 spiro atoms. The van der Waals surface area contributed by atoms with E-state index < -0.39 is 0 Å². The Morgan fingerprint density at radius 2 is 2.12 bits per heavy atom. The summed E-state index contributed by atoms with van der Waals surface area (Å²) < 4.78 is 7.36. The third-order valence-corrected chi connectivity index (χ3v) is 5.47. The Hall–Kier alpha value is -1.93. The van der Waals surface area contributed by atoms with E-state index in [4.69, 9.17) is 4.74 Å². The molecule has 1 aromatic carbocycles. The van der Waals surface area contributed by atoms with Crippen molar-refractivity contribution < 1.29 is 9.53 Å². The first-order valence-electron chi connectivity index (χ1n) is 8.98. The summed E-state index contributed by atoms with van der Waals surface area (Å²) in [7, 11) is 0. The molecule has 3 rings (SSSR count). The van der Waals surface area contributed by atoms with Crippen molar-refractivity contribution in [3.8, 4) is 0 Å². The van der Waals surface area contributed by atoms with Crippen LogP contribution in [0, 0.1) is 0 Å². The zero-order valence-electron chi connectivity index (χ0n) is 15.4. The molecule has 2 aromatic rings. The van der Waals surface area contributed by atoms with Crippen molar-refractivity contribution in [1.29, 1.82) is 0 Å². The van der Waals surface area contributed by atoms with Gasteiger partial charge in [0.1, 0.15) is 0 Å². The number of anilines is 1. The van der Waals surface area contributed by atoms with E-state index in [0.717, 1.165) is 25.1 Å². The number of rotatable bonds is 7. The number of carbonyl (C=O) groups excluding carboxylic acids is 1. The van der Waals surface area contributed by atoms with Crippen LogP contribution in [0.2, 0.25) is 0 Å². The molecule has 26 heavy (non-hydrogen) atoms. The normalized spacial score (nSPS) is 18.2. The summed E-state index contributed by atoms with van der Waals surface area (Å²) in [5.41, 5.74) is 2.05. The summed E-state index contributed by atoms with van der Waals surface area (Å²) >= 11 is 1.35. The number of benzene rings is 1. The highest BCUT2D eigenvalue weighted by molar-refractivity contribution is 8.00. The van der Waals surface area contributed by atoms with Crippen molar-refractivity contribution in [3.63, 3.8) is 0 Å². The van der Waals surface area contributed by atoms with Gasteiger partial charge in [-0.1, -0.05) is 37.7 Å². The Morgan fingerprint density at radius 1 is 1.35 bits per heavy atom. The SMILES string of the molecule is CC(C)c1ccc(NC(=O)[C@@H](C)Sc2nnnn2C[C@@H]2CCCO2)cc1. The lowest BCUT2D eigenvalue weighted by Crippen LogP contribution is -2.23. The molecule has 1 fully saturated rings. The molecule has 0 aliphatic carbocycles. The Kier molecular flexibility index (Phi) is 6.26. The molecule has 1 saturated heterocycles. The maximum Gasteiger partial charge on any atom is 0.237 e. The molecule has 1 amide bonds. The van der Waals surface area contributed by atoms with Crippen molar-refractivity contribution in [2.75, 3.05) is 11.9 Å². The zero-order valence-corrected chi connectivity index (χ0v) is 16.2. The number of aromatic nitrogens is 4. The first kappa shape index (κ1) is 18.8. The second-order valence-corrected chi connectivity index (χ2v) is 8.11. The highest BCUT2D eigenvalue weighted by Gasteiger charge is 2.22. The molecule has 140 valence electrons. The summed E-state index contributed by atoms with van der Waals surface area (Å²) in [4.78, 5) is 12.5. The van der Waals surface area contributed by atoms with Gasteiger partial charge in [-0.05, 0) is 53.8 Å². The summed E-state index contributed by atoms with van der Waals surface area (Å²) in [6, 6.07) is 7.96. The van der Waals surface area contributed by atoms with E-state index in [1.165, 1.54) is 17.3 Å². The van der Waals surface area contributed by atoms with Crippen LogP contribution in [0.4, 0.5) is 5.69 Å². The van der Waals surface area contributed by atoms with E-state index in [1.54, 1.807) is 4.68 Å². The minimum absolute atomic E-state index is 0.0704. The topological polar surface area (TPSA) is 81.9 Å². The van der Waals surface area contributed by atoms with Crippen LogP contribution >= 0.6 is 11.8 Å². The maximum atomic E-state index is 12.5. The van der Waals surface area contributed by atoms with Gasteiger partial charge in [0.2, 0.25) is 11.1 Å². The van der Waals surface area contributed by atoms with Gasteiger partial charge in [-0.15, -0.1) is 5.10 Å². The standard InChI is InChI=1S/C18H25N5O2S/c1-12(2)14-6-8-15(9-7-14)19-17(24)13(3)26-18-20-21-22-23(18)11-16-5-4-10-25-16/h6-9,12-13,16H,4-5,10-11H2,1-3H3,(H,19,24)/t13-,16+/m1/s1. The Bertz CT molecular complexity index is 725. The van der Waals surface area contributed by atoms with E-state index >= 15 is 0 Å². The summed E-state index contributed by atoms with van der Waals surface area (Å²) in [5, 5.41) is 15.1. The summed E-state index contributed by atoms with van der Waals surface area (Å²) in [6.07, 6.45) is 2.25. The number of hydrogen-bond acceptors (Lipinski definition) is 6. The van der Waals surface area contributed by atoms with Crippen LogP contribution in [0.5, 0.6) is 0 Å². The quantitative estimate of drug-likeness (QED) is 0.749. The van der Waals surface area contributed by atoms with Gasteiger partial charge in [-0.2, -0.15) is 0 Å². The van der Waals surface area contributed by atoms with Gasteiger partial charge in [-0.25, -0.2) is 4.68 Å². The van der Waals surface area contributed by atoms with Crippen molar-refractivity contribution >= 4 is 23.4 Å². The number of thioether (sulfide) groups is 1. The first-order valence-corrected chi connectivity index (χ1v) is 9.86. The van der Waals surface area contributed by atoms with Crippen molar-refractivity contribution in [2.45, 2.75) is 62.6 Å². The lowest BCUT2D eigenvalue weighted by atomic mass is 10.0. The Balaban J connectivity index is 1.56. The number of nitrogens with zero attached hydrogens (tertiary/aromatic N) is 4. The number of amides is 1. The lowest BCUT2D eigenvalue weighted by molar-refractivity contribution is -0.115. The van der Waals surface area contributed by atoms with E-state index in [0.29, 0.717) is 17.6 Å². The van der Waals surface area contributed by atoms with Crippen molar-refractivity contribution in [1.82, 2.24) is 20.2 Å². The van der Waals surface area contributed by atoms with Crippen LogP contribution in [0.1, 0.15) is 45.1 Å². The highest BCUT2D eigenvalue weighted by atomic mass is 32.2. The van der Waals surface area contributed by atoms with Crippen LogP contribution < -0.4 is 5.32 Å². The average molecular weight is 375 g/mol. The average Bonchev–Trinajstić information content (AvgIpc) is 3.28. The smallest absolute Gasteiger partial charge is 0.237 e. The molecule has 0 bridgehead atoms. The Morgan fingerprint density at radius 3 is 2.77 bits per heavy atom. The van der Waals surface area contributed by atoms with Gasteiger partial charge in [0.25, 0.3) is 0 Å². The molecule has 0 radical (unpaired) electrons. The second-order valence-electron chi connectivity index (χ2n) is 6.80. The van der Waals surface area contributed by atoms with Crippen LogP contribution in [-0.2, 0) is 16.1 Å². The summed E-state index contributed by atoms with van der Waals surface area (Å²) in [5.74, 6) is 0.399. The molecule has 1 aliphatic rings. The molecule has 2 atom stereocenters. The molecule has 2 heterocycles. The number of hydrogen-bond donors (Lipinski definition) is 1.